The van der Waals surface area contributed by atoms with Crippen molar-refractivity contribution in [2.75, 3.05) is 0 Å². The van der Waals surface area contributed by atoms with Crippen LogP contribution in [0.4, 0.5) is 5.95 Å². The predicted molar refractivity (Wildman–Crippen MR) is 82.1 cm³/mol. The number of nitrogens with one attached hydrogen (secondary N) is 1. The van der Waals surface area contributed by atoms with E-state index in [4.69, 9.17) is 0 Å². The lowest BCUT2D eigenvalue weighted by molar-refractivity contribution is -0.394. The number of imidazole rings is 1. The lowest BCUT2D eigenvalue weighted by Crippen LogP contribution is -2.27. The van der Waals surface area contributed by atoms with Crippen LogP contribution in [-0.2, 0) is 17.9 Å². The van der Waals surface area contributed by atoms with Crippen LogP contribution in [0, 0.1) is 10.1 Å². The minimum atomic E-state index is -0.712. The first-order valence-electron chi connectivity index (χ1n) is 6.99. The third-order valence-electron chi connectivity index (χ3n) is 3.22. The minimum absolute atomic E-state index is 0.131. The molecule has 3 rings (SSSR count). The van der Waals surface area contributed by atoms with E-state index >= 15 is 0 Å². The quantitative estimate of drug-likeness (QED) is 0.525. The second kappa shape index (κ2) is 6.69. The van der Waals surface area contributed by atoms with Crippen molar-refractivity contribution in [2.45, 2.75) is 13.1 Å². The molecular weight excluding hydrogens is 314 g/mol. The molecule has 0 aliphatic rings. The van der Waals surface area contributed by atoms with Gasteiger partial charge in [0.1, 0.15) is 6.54 Å². The number of hydrogen-bond donors (Lipinski definition) is 1. The van der Waals surface area contributed by atoms with Crippen LogP contribution in [-0.4, -0.2) is 35.1 Å². The molecule has 10 heteroatoms. The highest BCUT2D eigenvalue weighted by atomic mass is 16.6. The standard InChI is InChI=1S/C14H13N7O3/c22-13(8-20-10-17-14(18-20)21(23)24)16-7-11-1-3-12(4-2-11)19-6-5-15-9-19/h1-6,9-10H,7-8H2,(H,16,22). The highest BCUT2D eigenvalue weighted by molar-refractivity contribution is 5.75. The molecular formula is C14H13N7O3. The number of carbonyl (C=O) groups is 1. The minimum Gasteiger partial charge on any atom is -0.390 e. The summed E-state index contributed by atoms with van der Waals surface area (Å²) in [5.41, 5.74) is 1.90. The summed E-state index contributed by atoms with van der Waals surface area (Å²) < 4.78 is 3.00. The first kappa shape index (κ1) is 15.3. The molecule has 0 spiro atoms. The second-order valence-corrected chi connectivity index (χ2v) is 4.91. The van der Waals surface area contributed by atoms with Crippen LogP contribution >= 0.6 is 0 Å². The van der Waals surface area contributed by atoms with Gasteiger partial charge in [-0.3, -0.25) is 4.79 Å². The monoisotopic (exact) mass is 327 g/mol. The number of amides is 1. The van der Waals surface area contributed by atoms with E-state index in [1.54, 1.807) is 12.5 Å². The molecule has 0 radical (unpaired) electrons. The fourth-order valence-corrected chi connectivity index (χ4v) is 2.05. The Bertz CT molecular complexity index is 840. The summed E-state index contributed by atoms with van der Waals surface area (Å²) in [4.78, 5) is 29.1. The molecule has 2 aromatic heterocycles. The van der Waals surface area contributed by atoms with E-state index in [1.807, 2.05) is 35.0 Å². The maximum atomic E-state index is 11.8. The van der Waals surface area contributed by atoms with Gasteiger partial charge in [-0.25, -0.2) is 4.98 Å². The molecule has 0 saturated carbocycles. The Balaban J connectivity index is 1.53. The number of nitrogens with zero attached hydrogens (tertiary/aromatic N) is 6. The third kappa shape index (κ3) is 3.61. The molecule has 0 unspecified atom stereocenters. The Morgan fingerprint density at radius 2 is 2.04 bits per heavy atom. The first-order chi connectivity index (χ1) is 11.6. The topological polar surface area (TPSA) is 121 Å². The van der Waals surface area contributed by atoms with E-state index in [1.165, 1.54) is 0 Å². The number of carbonyl (C=O) groups excluding carboxylic acids is 1. The van der Waals surface area contributed by atoms with E-state index in [0.717, 1.165) is 22.3 Å². The van der Waals surface area contributed by atoms with E-state index < -0.39 is 10.9 Å². The van der Waals surface area contributed by atoms with Gasteiger partial charge in [0.05, 0.1) is 6.33 Å². The molecule has 0 atom stereocenters. The van der Waals surface area contributed by atoms with Gasteiger partial charge in [0.25, 0.3) is 0 Å². The summed E-state index contributed by atoms with van der Waals surface area (Å²) in [6.45, 7) is 0.216. The maximum absolute atomic E-state index is 11.8. The summed E-state index contributed by atoms with van der Waals surface area (Å²) in [5, 5.41) is 16.8. The molecule has 0 saturated heterocycles. The lowest BCUT2D eigenvalue weighted by atomic mass is 10.2. The van der Waals surface area contributed by atoms with E-state index in [9.17, 15) is 14.9 Å². The van der Waals surface area contributed by atoms with Gasteiger partial charge in [0.2, 0.25) is 12.2 Å². The molecule has 0 fully saturated rings. The van der Waals surface area contributed by atoms with Crippen molar-refractivity contribution in [1.82, 2.24) is 29.6 Å². The van der Waals surface area contributed by atoms with E-state index in [2.05, 4.69) is 20.4 Å². The van der Waals surface area contributed by atoms with Gasteiger partial charge in [-0.1, -0.05) is 17.1 Å². The molecule has 0 bridgehead atoms. The van der Waals surface area contributed by atoms with Gasteiger partial charge in [0, 0.05) is 29.7 Å². The van der Waals surface area contributed by atoms with Gasteiger partial charge >= 0.3 is 5.95 Å². The van der Waals surface area contributed by atoms with Crippen LogP contribution < -0.4 is 5.32 Å². The molecule has 1 N–H and O–H groups in total. The molecule has 10 nitrogen and oxygen atoms in total. The fraction of sp³-hybridized carbons (Fsp3) is 0.143. The van der Waals surface area contributed by atoms with E-state index in [-0.39, 0.29) is 12.5 Å². The number of benzene rings is 1. The largest absolute Gasteiger partial charge is 0.490 e. The summed E-state index contributed by atoms with van der Waals surface area (Å²) in [6, 6.07) is 7.64. The number of hydrogen-bond acceptors (Lipinski definition) is 6. The Morgan fingerprint density at radius 3 is 2.67 bits per heavy atom. The van der Waals surface area contributed by atoms with Crippen LogP contribution in [0.3, 0.4) is 0 Å². The van der Waals surface area contributed by atoms with E-state index in [0.29, 0.717) is 6.54 Å². The molecule has 1 aromatic carbocycles. The van der Waals surface area contributed by atoms with Crippen LogP contribution in [0.5, 0.6) is 0 Å². The zero-order valence-electron chi connectivity index (χ0n) is 12.4. The molecule has 24 heavy (non-hydrogen) atoms. The van der Waals surface area contributed by atoms with Gasteiger partial charge in [-0.2, -0.15) is 4.68 Å². The number of aromatic nitrogens is 5. The lowest BCUT2D eigenvalue weighted by Gasteiger charge is -2.06. The van der Waals surface area contributed by atoms with Gasteiger partial charge < -0.3 is 20.0 Å². The van der Waals surface area contributed by atoms with Crippen molar-refractivity contribution >= 4 is 11.9 Å². The first-order valence-corrected chi connectivity index (χ1v) is 6.99. The van der Waals surface area contributed by atoms with Crippen LogP contribution in [0.15, 0.2) is 49.3 Å². The average molecular weight is 327 g/mol. The zero-order valence-corrected chi connectivity index (χ0v) is 12.4. The summed E-state index contributed by atoms with van der Waals surface area (Å²) in [5.74, 6) is -0.841. The SMILES string of the molecule is O=C(Cn1cnc([N+](=O)[O-])n1)NCc1ccc(-n2ccnc2)cc1. The number of nitro groups is 1. The predicted octanol–water partition coefficient (Wildman–Crippen LogP) is 0.688. The highest BCUT2D eigenvalue weighted by Gasteiger charge is 2.14. The molecule has 0 aliphatic heterocycles. The zero-order chi connectivity index (χ0) is 16.9. The van der Waals surface area contributed by atoms with Crippen molar-refractivity contribution < 1.29 is 9.72 Å². The molecule has 0 aliphatic carbocycles. The van der Waals surface area contributed by atoms with Crippen molar-refractivity contribution in [3.05, 3.63) is 65.0 Å². The van der Waals surface area contributed by atoms with Crippen molar-refractivity contribution in [2.24, 2.45) is 0 Å². The Morgan fingerprint density at radius 1 is 1.25 bits per heavy atom. The van der Waals surface area contributed by atoms with Crippen LogP contribution in [0.1, 0.15) is 5.56 Å². The Kier molecular flexibility index (Phi) is 4.27. The summed E-state index contributed by atoms with van der Waals surface area (Å²) in [7, 11) is 0. The van der Waals surface area contributed by atoms with Gasteiger partial charge in [0.15, 0.2) is 0 Å². The molecule has 3 aromatic rings. The van der Waals surface area contributed by atoms with Gasteiger partial charge in [-0.05, 0) is 22.6 Å². The Labute approximate surface area is 135 Å². The second-order valence-electron chi connectivity index (χ2n) is 4.91. The maximum Gasteiger partial charge on any atom is 0.490 e. The average Bonchev–Trinajstić information content (AvgIpc) is 3.25. The Hall–Kier alpha value is -3.56. The summed E-state index contributed by atoms with van der Waals surface area (Å²) >= 11 is 0. The summed E-state index contributed by atoms with van der Waals surface area (Å²) in [6.07, 6.45) is 6.39. The normalized spacial score (nSPS) is 10.5. The molecule has 122 valence electrons. The molecule has 1 amide bonds. The highest BCUT2D eigenvalue weighted by Crippen LogP contribution is 2.09. The van der Waals surface area contributed by atoms with Crippen molar-refractivity contribution in [3.63, 3.8) is 0 Å². The number of rotatable bonds is 6. The van der Waals surface area contributed by atoms with Crippen molar-refractivity contribution in [3.8, 4) is 5.69 Å². The smallest absolute Gasteiger partial charge is 0.390 e. The molecule has 2 heterocycles. The van der Waals surface area contributed by atoms with Crippen molar-refractivity contribution in [1.29, 1.82) is 0 Å². The van der Waals surface area contributed by atoms with Crippen LogP contribution in [0.25, 0.3) is 5.69 Å². The van der Waals surface area contributed by atoms with Gasteiger partial charge in [-0.15, -0.1) is 0 Å². The fourth-order valence-electron chi connectivity index (χ4n) is 2.05. The van der Waals surface area contributed by atoms with Crippen LogP contribution in [0.2, 0.25) is 0 Å². The third-order valence-corrected chi connectivity index (χ3v) is 3.22.